The predicted octanol–water partition coefficient (Wildman–Crippen LogP) is 14.3. The molecule has 0 fully saturated rings. The van der Waals surface area contributed by atoms with Crippen LogP contribution in [0, 0.1) is 83.1 Å². The standard InChI is InChI=1S/C42H50S8Si2/c1-23-15-27(5)35(28(6)16-23)39(43)47-51(13,48-40(44)36-29(7)17-24(2)18-30(36)8)52(14,49-41(45)37-31(9)19-25(3)20-32(37)10)50-42(46)38-33(11)21-26(4)22-34(38)12/h15-22H,1-14H3. The van der Waals surface area contributed by atoms with Crippen LogP contribution < -0.4 is 0 Å². The molecule has 10 heteroatoms. The van der Waals surface area contributed by atoms with Gasteiger partial charge in [-0.3, -0.25) is 0 Å². The van der Waals surface area contributed by atoms with Crippen molar-refractivity contribution in [2.45, 2.75) is 96.2 Å². The molecule has 0 aliphatic carbocycles. The van der Waals surface area contributed by atoms with E-state index in [0.717, 1.165) is 16.8 Å². The smallest absolute Gasteiger partial charge is 0.127 e. The summed E-state index contributed by atoms with van der Waals surface area (Å²) in [5, 5.41) is 0. The van der Waals surface area contributed by atoms with Crippen molar-refractivity contribution in [3.8, 4) is 0 Å². The molecule has 0 nitrogen and oxygen atoms in total. The van der Waals surface area contributed by atoms with Crippen molar-refractivity contribution in [2.75, 3.05) is 0 Å². The Morgan fingerprint density at radius 2 is 0.462 bits per heavy atom. The second kappa shape index (κ2) is 17.5. The molecule has 0 aromatic heterocycles. The Balaban J connectivity index is 1.97. The van der Waals surface area contributed by atoms with Crippen LogP contribution in [0.15, 0.2) is 48.5 Å². The summed E-state index contributed by atoms with van der Waals surface area (Å²) in [7, 11) is 0. The normalized spacial score (nSPS) is 11.9. The van der Waals surface area contributed by atoms with Gasteiger partial charge in [-0.05, 0) is 128 Å². The maximum Gasteiger partial charge on any atom is 0.201 e. The van der Waals surface area contributed by atoms with E-state index in [1.807, 2.05) is 44.8 Å². The molecule has 0 aliphatic rings. The van der Waals surface area contributed by atoms with Crippen LogP contribution in [0.4, 0.5) is 0 Å². The first-order chi connectivity index (χ1) is 24.1. The lowest BCUT2D eigenvalue weighted by Crippen LogP contribution is -2.53. The summed E-state index contributed by atoms with van der Waals surface area (Å²) in [4.78, 5) is 0. The third kappa shape index (κ3) is 9.71. The minimum atomic E-state index is -2.66. The zero-order valence-electron chi connectivity index (χ0n) is 32.9. The fraction of sp³-hybridized carbons (Fsp3) is 0.333. The first-order valence-corrected chi connectivity index (χ1v) is 31.1. The molecular formula is C42H50S8Si2. The van der Waals surface area contributed by atoms with Gasteiger partial charge in [0, 0.05) is 22.3 Å². The van der Waals surface area contributed by atoms with Gasteiger partial charge < -0.3 is 0 Å². The van der Waals surface area contributed by atoms with Crippen molar-refractivity contribution in [1.29, 1.82) is 0 Å². The molecule has 0 aliphatic heterocycles. The molecule has 0 spiro atoms. The molecule has 0 saturated carbocycles. The molecule has 0 bridgehead atoms. The molecule has 0 saturated heterocycles. The molecule has 4 aromatic rings. The average Bonchev–Trinajstić information content (AvgIpc) is 2.94. The molecule has 0 unspecified atom stereocenters. The molecule has 0 atom stereocenters. The lowest BCUT2D eigenvalue weighted by molar-refractivity contribution is 1.31. The second-order valence-corrected chi connectivity index (χ2v) is 47.6. The summed E-state index contributed by atoms with van der Waals surface area (Å²) in [5.74, 6) is -5.31. The van der Waals surface area contributed by atoms with Gasteiger partial charge in [-0.1, -0.05) is 133 Å². The van der Waals surface area contributed by atoms with E-state index in [1.54, 1.807) is 0 Å². The fourth-order valence-electron chi connectivity index (χ4n) is 7.33. The SMILES string of the molecule is Cc1cc(C)c(C(=S)S[Si](C)(SC(=S)c2c(C)cc(C)cc2C)[Si](C)(SC(=S)c2c(C)cc(C)cc2C)SC(=S)c2c(C)cc(C)cc2C)c(C)c1. The molecule has 0 heterocycles. The summed E-state index contributed by atoms with van der Waals surface area (Å²) in [5.41, 5.74) is 19.4. The molecular weight excluding hydrogens is 817 g/mol. The highest BCUT2D eigenvalue weighted by Gasteiger charge is 2.56. The quantitative estimate of drug-likeness (QED) is 0.119. The van der Waals surface area contributed by atoms with Crippen molar-refractivity contribution in [3.63, 3.8) is 0 Å². The van der Waals surface area contributed by atoms with Gasteiger partial charge >= 0.3 is 0 Å². The maximum atomic E-state index is 6.50. The van der Waals surface area contributed by atoms with Crippen LogP contribution in [0.2, 0.25) is 13.1 Å². The van der Waals surface area contributed by atoms with E-state index in [2.05, 4.69) is 145 Å². The highest BCUT2D eigenvalue weighted by Crippen LogP contribution is 2.55. The monoisotopic (exact) mass is 866 g/mol. The average molecular weight is 868 g/mol. The molecule has 52 heavy (non-hydrogen) atoms. The van der Waals surface area contributed by atoms with E-state index in [9.17, 15) is 0 Å². The van der Waals surface area contributed by atoms with Crippen molar-refractivity contribution in [1.82, 2.24) is 0 Å². The molecule has 274 valence electrons. The van der Waals surface area contributed by atoms with Crippen LogP contribution in [0.5, 0.6) is 0 Å². The number of hydrogen-bond donors (Lipinski definition) is 0. The van der Waals surface area contributed by atoms with Crippen LogP contribution in [-0.2, 0) is 0 Å². The Kier molecular flexibility index (Phi) is 14.7. The molecule has 0 amide bonds. The number of rotatable bonds is 9. The summed E-state index contributed by atoms with van der Waals surface area (Å²) in [6.45, 7) is 31.1. The minimum absolute atomic E-state index is 0.943. The predicted molar refractivity (Wildman–Crippen MR) is 263 cm³/mol. The molecule has 4 rings (SSSR count). The van der Waals surface area contributed by atoms with Crippen LogP contribution in [0.25, 0.3) is 0 Å². The molecule has 0 N–H and O–H groups in total. The topological polar surface area (TPSA) is 0 Å². The van der Waals surface area contributed by atoms with Crippen LogP contribution >= 0.6 is 93.7 Å². The van der Waals surface area contributed by atoms with Gasteiger partial charge in [0.1, 0.15) is 0 Å². The third-order valence-electron chi connectivity index (χ3n) is 9.50. The first kappa shape index (κ1) is 43.8. The lowest BCUT2D eigenvalue weighted by Gasteiger charge is -2.41. The largest absolute Gasteiger partial charge is 0.201 e. The number of hydrogen-bond acceptors (Lipinski definition) is 8. The highest BCUT2D eigenvalue weighted by atomic mass is 32.7. The fourth-order valence-corrected chi connectivity index (χ4v) is 54.2. The Hall–Kier alpha value is -0.926. The van der Waals surface area contributed by atoms with Gasteiger partial charge in [0.25, 0.3) is 0 Å². The Bertz CT molecular complexity index is 1740. The summed E-state index contributed by atoms with van der Waals surface area (Å²) in [6, 6.07) is 18.0. The van der Waals surface area contributed by atoms with E-state index in [0.29, 0.717) is 0 Å². The molecule has 4 aromatic carbocycles. The van der Waals surface area contributed by atoms with E-state index in [-0.39, 0.29) is 0 Å². The van der Waals surface area contributed by atoms with Gasteiger partial charge in [0.05, 0.1) is 16.8 Å². The van der Waals surface area contributed by atoms with Crippen molar-refractivity contribution in [3.05, 3.63) is 138 Å². The van der Waals surface area contributed by atoms with Crippen molar-refractivity contribution in [2.24, 2.45) is 0 Å². The highest BCUT2D eigenvalue weighted by molar-refractivity contribution is 8.91. The van der Waals surface area contributed by atoms with Gasteiger partial charge in [-0.2, -0.15) is 0 Å². The van der Waals surface area contributed by atoms with E-state index in [1.165, 1.54) is 89.0 Å². The van der Waals surface area contributed by atoms with Gasteiger partial charge in [0.2, 0.25) is 11.8 Å². The Labute approximate surface area is 352 Å². The van der Waals surface area contributed by atoms with Gasteiger partial charge in [0.15, 0.2) is 0 Å². The summed E-state index contributed by atoms with van der Waals surface area (Å²) < 4.78 is 3.77. The first-order valence-electron chi connectivity index (χ1n) is 17.3. The number of thiocarbonyl (C=S) groups is 4. The van der Waals surface area contributed by atoms with E-state index >= 15 is 0 Å². The van der Waals surface area contributed by atoms with Gasteiger partial charge in [-0.15, -0.1) is 44.8 Å². The zero-order chi connectivity index (χ0) is 39.0. The second-order valence-electron chi connectivity index (χ2n) is 14.5. The van der Waals surface area contributed by atoms with E-state index < -0.39 is 11.8 Å². The lowest BCUT2D eigenvalue weighted by atomic mass is 10.0. The van der Waals surface area contributed by atoms with Crippen molar-refractivity contribution >= 4 is 122 Å². The third-order valence-corrected chi connectivity index (χ3v) is 56.0. The zero-order valence-corrected chi connectivity index (χ0v) is 41.4. The van der Waals surface area contributed by atoms with Gasteiger partial charge in [-0.25, -0.2) is 0 Å². The maximum absolute atomic E-state index is 6.50. The Morgan fingerprint density at radius 1 is 0.327 bits per heavy atom. The van der Waals surface area contributed by atoms with Crippen LogP contribution in [0.3, 0.4) is 0 Å². The summed E-state index contributed by atoms with van der Waals surface area (Å²) >= 11 is 33.7. The molecule has 0 radical (unpaired) electrons. The minimum Gasteiger partial charge on any atom is -0.127 e. The summed E-state index contributed by atoms with van der Waals surface area (Å²) in [6.07, 6.45) is 0. The number of benzene rings is 4. The van der Waals surface area contributed by atoms with Crippen LogP contribution in [0.1, 0.15) is 89.0 Å². The van der Waals surface area contributed by atoms with E-state index in [4.69, 9.17) is 48.9 Å². The van der Waals surface area contributed by atoms with Crippen LogP contribution in [-0.4, -0.2) is 28.6 Å². The van der Waals surface area contributed by atoms with Crippen molar-refractivity contribution < 1.29 is 0 Å². The number of aryl methyl sites for hydroxylation is 12. The Morgan fingerprint density at radius 3 is 0.596 bits per heavy atom.